The van der Waals surface area contributed by atoms with Gasteiger partial charge >= 0.3 is 0 Å². The van der Waals surface area contributed by atoms with Gasteiger partial charge in [0, 0.05) is 37.9 Å². The summed E-state index contributed by atoms with van der Waals surface area (Å²) in [7, 11) is 5.70. The normalized spacial score (nSPS) is 19.8. The molecule has 3 rings (SSSR count). The lowest BCUT2D eigenvalue weighted by atomic mass is 10.2. The minimum Gasteiger partial charge on any atom is -0.495 e. The second-order valence-electron chi connectivity index (χ2n) is 6.81. The molecular weight excluding hydrogens is 332 g/mol. The van der Waals surface area contributed by atoms with Crippen molar-refractivity contribution in [2.24, 2.45) is 0 Å². The minimum absolute atomic E-state index is 0.241. The number of likely N-dealkylation sites (N-methyl/N-ethyl adjacent to an activating group) is 1. The average Bonchev–Trinajstić information content (AvgIpc) is 3.00. The molecule has 8 nitrogen and oxygen atoms in total. The van der Waals surface area contributed by atoms with Crippen LogP contribution >= 0.6 is 0 Å². The molecule has 2 aromatic heterocycles. The van der Waals surface area contributed by atoms with Crippen molar-refractivity contribution in [3.63, 3.8) is 0 Å². The molecule has 0 unspecified atom stereocenters. The highest BCUT2D eigenvalue weighted by Gasteiger charge is 2.32. The first-order chi connectivity index (χ1) is 12.5. The standard InChI is InChI=1S/C18H26N6O2/c1-23(2)10-14-5-15(25)11-24(14)18-6-17(21-12-22-18)20-8-13-4-16(26-3)9-19-7-13/h4,6-7,9,12,14-15,25H,5,8,10-11H2,1-3H3,(H,20,21,22)/t14-,15-/m1/s1. The molecule has 140 valence electrons. The monoisotopic (exact) mass is 358 g/mol. The summed E-state index contributed by atoms with van der Waals surface area (Å²) < 4.78 is 5.20. The van der Waals surface area contributed by atoms with Crippen LogP contribution in [0.25, 0.3) is 0 Å². The summed E-state index contributed by atoms with van der Waals surface area (Å²) in [5, 5.41) is 13.4. The number of aromatic nitrogens is 3. The van der Waals surface area contributed by atoms with Gasteiger partial charge < -0.3 is 25.0 Å². The second kappa shape index (κ2) is 8.29. The van der Waals surface area contributed by atoms with Crippen molar-refractivity contribution in [2.75, 3.05) is 44.5 Å². The molecule has 0 radical (unpaired) electrons. The molecule has 1 fully saturated rings. The predicted octanol–water partition coefficient (Wildman–Crippen LogP) is 0.993. The van der Waals surface area contributed by atoms with Crippen LogP contribution in [0.3, 0.4) is 0 Å². The van der Waals surface area contributed by atoms with E-state index in [9.17, 15) is 5.11 Å². The third-order valence-electron chi connectivity index (χ3n) is 4.39. The molecule has 0 amide bonds. The molecule has 2 aromatic rings. The number of ether oxygens (including phenoxy) is 1. The summed E-state index contributed by atoms with van der Waals surface area (Å²) >= 11 is 0. The van der Waals surface area contributed by atoms with Crippen molar-refractivity contribution in [3.8, 4) is 5.75 Å². The molecule has 2 atom stereocenters. The molecule has 1 aliphatic heterocycles. The van der Waals surface area contributed by atoms with E-state index in [1.807, 2.05) is 26.2 Å². The summed E-state index contributed by atoms with van der Waals surface area (Å²) in [4.78, 5) is 17.2. The highest BCUT2D eigenvalue weighted by molar-refractivity contribution is 5.50. The van der Waals surface area contributed by atoms with E-state index in [1.165, 1.54) is 0 Å². The fraction of sp³-hybridized carbons (Fsp3) is 0.500. The largest absolute Gasteiger partial charge is 0.495 e. The molecular formula is C18H26N6O2. The van der Waals surface area contributed by atoms with Gasteiger partial charge in [0.05, 0.1) is 19.4 Å². The number of nitrogens with one attached hydrogen (secondary N) is 1. The topological polar surface area (TPSA) is 86.6 Å². The Morgan fingerprint density at radius 3 is 2.92 bits per heavy atom. The molecule has 0 aliphatic carbocycles. The first-order valence-electron chi connectivity index (χ1n) is 8.68. The average molecular weight is 358 g/mol. The molecule has 8 heteroatoms. The van der Waals surface area contributed by atoms with E-state index in [4.69, 9.17) is 4.74 Å². The van der Waals surface area contributed by atoms with Crippen molar-refractivity contribution < 1.29 is 9.84 Å². The predicted molar refractivity (Wildman–Crippen MR) is 100 cm³/mol. The van der Waals surface area contributed by atoms with E-state index in [0.29, 0.717) is 13.1 Å². The molecule has 2 N–H and O–H groups in total. The number of aliphatic hydroxyl groups is 1. The van der Waals surface area contributed by atoms with Crippen LogP contribution in [0, 0.1) is 0 Å². The van der Waals surface area contributed by atoms with E-state index in [0.717, 1.165) is 35.9 Å². The quantitative estimate of drug-likeness (QED) is 0.758. The summed E-state index contributed by atoms with van der Waals surface area (Å²) in [5.74, 6) is 2.29. The maximum absolute atomic E-state index is 10.1. The zero-order chi connectivity index (χ0) is 18.5. The third kappa shape index (κ3) is 4.59. The number of anilines is 2. The Morgan fingerprint density at radius 1 is 1.31 bits per heavy atom. The number of aliphatic hydroxyl groups excluding tert-OH is 1. The fourth-order valence-electron chi connectivity index (χ4n) is 3.23. The summed E-state index contributed by atoms with van der Waals surface area (Å²) in [5.41, 5.74) is 1.01. The van der Waals surface area contributed by atoms with Gasteiger partial charge in [-0.3, -0.25) is 4.98 Å². The van der Waals surface area contributed by atoms with Gasteiger partial charge in [-0.05, 0) is 32.1 Å². The molecule has 3 heterocycles. The second-order valence-corrected chi connectivity index (χ2v) is 6.81. The number of β-amino-alcohol motifs (C(OH)–C–C–N with tert-alkyl or cyclic N) is 1. The van der Waals surface area contributed by atoms with Crippen molar-refractivity contribution in [1.82, 2.24) is 19.9 Å². The van der Waals surface area contributed by atoms with Gasteiger partial charge in [-0.25, -0.2) is 9.97 Å². The van der Waals surface area contributed by atoms with Gasteiger partial charge in [-0.15, -0.1) is 0 Å². The van der Waals surface area contributed by atoms with E-state index in [1.54, 1.807) is 25.8 Å². The number of rotatable bonds is 7. The van der Waals surface area contributed by atoms with E-state index in [2.05, 4.69) is 30.1 Å². The molecule has 0 spiro atoms. The first-order valence-corrected chi connectivity index (χ1v) is 8.68. The van der Waals surface area contributed by atoms with Crippen molar-refractivity contribution in [3.05, 3.63) is 36.4 Å². The first kappa shape index (κ1) is 18.3. The third-order valence-corrected chi connectivity index (χ3v) is 4.39. The molecule has 0 aromatic carbocycles. The molecule has 26 heavy (non-hydrogen) atoms. The van der Waals surface area contributed by atoms with Crippen LogP contribution in [0.5, 0.6) is 5.75 Å². The smallest absolute Gasteiger partial charge is 0.137 e. The number of hydrogen-bond donors (Lipinski definition) is 2. The van der Waals surface area contributed by atoms with Crippen LogP contribution in [0.2, 0.25) is 0 Å². The van der Waals surface area contributed by atoms with E-state index in [-0.39, 0.29) is 12.1 Å². The van der Waals surface area contributed by atoms with Crippen LogP contribution in [-0.4, -0.2) is 71.4 Å². The fourth-order valence-corrected chi connectivity index (χ4v) is 3.23. The van der Waals surface area contributed by atoms with Crippen molar-refractivity contribution in [1.29, 1.82) is 0 Å². The number of pyridine rings is 1. The maximum Gasteiger partial charge on any atom is 0.137 e. The molecule has 1 aliphatic rings. The van der Waals surface area contributed by atoms with E-state index >= 15 is 0 Å². The summed E-state index contributed by atoms with van der Waals surface area (Å²) in [6, 6.07) is 4.10. The van der Waals surface area contributed by atoms with Gasteiger partial charge in [-0.2, -0.15) is 0 Å². The van der Waals surface area contributed by atoms with E-state index < -0.39 is 0 Å². The van der Waals surface area contributed by atoms with Crippen molar-refractivity contribution in [2.45, 2.75) is 25.1 Å². The Morgan fingerprint density at radius 2 is 2.15 bits per heavy atom. The Hall–Kier alpha value is -2.45. The van der Waals surface area contributed by atoms with Gasteiger partial charge in [0.2, 0.25) is 0 Å². The lowest BCUT2D eigenvalue weighted by Gasteiger charge is -2.27. The van der Waals surface area contributed by atoms with Gasteiger partial charge in [0.15, 0.2) is 0 Å². The molecule has 1 saturated heterocycles. The Bertz CT molecular complexity index is 726. The SMILES string of the molecule is COc1cncc(CNc2cc(N3C[C@H](O)C[C@@H]3CN(C)C)ncn2)c1. The highest BCUT2D eigenvalue weighted by Crippen LogP contribution is 2.25. The molecule has 0 bridgehead atoms. The number of hydrogen-bond acceptors (Lipinski definition) is 8. The van der Waals surface area contributed by atoms with Crippen LogP contribution in [0.1, 0.15) is 12.0 Å². The molecule has 0 saturated carbocycles. The van der Waals surface area contributed by atoms with Gasteiger partial charge in [-0.1, -0.05) is 0 Å². The van der Waals surface area contributed by atoms with Gasteiger partial charge in [0.25, 0.3) is 0 Å². The van der Waals surface area contributed by atoms with Gasteiger partial charge in [0.1, 0.15) is 23.7 Å². The number of nitrogens with zero attached hydrogens (tertiary/aromatic N) is 5. The zero-order valence-corrected chi connectivity index (χ0v) is 15.5. The lowest BCUT2D eigenvalue weighted by Crippen LogP contribution is -2.38. The van der Waals surface area contributed by atoms with Crippen molar-refractivity contribution >= 4 is 11.6 Å². The Labute approximate surface area is 153 Å². The highest BCUT2D eigenvalue weighted by atomic mass is 16.5. The zero-order valence-electron chi connectivity index (χ0n) is 15.5. The van der Waals surface area contributed by atoms with Crippen LogP contribution in [-0.2, 0) is 6.54 Å². The lowest BCUT2D eigenvalue weighted by molar-refractivity contribution is 0.191. The summed E-state index contributed by atoms with van der Waals surface area (Å²) in [6.07, 6.45) is 5.45. The Balaban J connectivity index is 1.69. The summed E-state index contributed by atoms with van der Waals surface area (Å²) in [6.45, 7) is 2.05. The van der Waals surface area contributed by atoms with Crippen LogP contribution in [0.4, 0.5) is 11.6 Å². The van der Waals surface area contributed by atoms with Crippen LogP contribution in [0.15, 0.2) is 30.9 Å². The number of methoxy groups -OCH3 is 1. The van der Waals surface area contributed by atoms with Crippen LogP contribution < -0.4 is 15.0 Å². The maximum atomic E-state index is 10.1. The minimum atomic E-state index is -0.325. The Kier molecular flexibility index (Phi) is 5.85.